The van der Waals surface area contributed by atoms with Crippen molar-refractivity contribution in [2.75, 3.05) is 13.7 Å². The zero-order valence-corrected chi connectivity index (χ0v) is 11.0. The minimum Gasteiger partial charge on any atom is -0.393 e. The lowest BCUT2D eigenvalue weighted by Gasteiger charge is -2.33. The SMILES string of the molecule is COC1CCCCC1NCC1CCCC(O)C1. The van der Waals surface area contributed by atoms with Gasteiger partial charge in [0.25, 0.3) is 0 Å². The molecule has 2 N–H and O–H groups in total. The highest BCUT2D eigenvalue weighted by molar-refractivity contribution is 4.83. The van der Waals surface area contributed by atoms with E-state index in [1.165, 1.54) is 38.5 Å². The Bertz CT molecular complexity index is 222. The summed E-state index contributed by atoms with van der Waals surface area (Å²) in [4.78, 5) is 0. The maximum atomic E-state index is 9.66. The second-order valence-corrected chi connectivity index (χ2v) is 5.76. The maximum Gasteiger partial charge on any atom is 0.0724 e. The first-order chi connectivity index (χ1) is 8.29. The first kappa shape index (κ1) is 13.3. The Morgan fingerprint density at radius 1 is 1.12 bits per heavy atom. The third-order valence-corrected chi connectivity index (χ3v) is 4.43. The Morgan fingerprint density at radius 2 is 1.94 bits per heavy atom. The molecular formula is C14H27NO2. The molecule has 0 aliphatic heterocycles. The lowest BCUT2D eigenvalue weighted by molar-refractivity contribution is 0.0372. The molecule has 2 fully saturated rings. The molecule has 0 aromatic carbocycles. The number of rotatable bonds is 4. The van der Waals surface area contributed by atoms with Crippen LogP contribution < -0.4 is 5.32 Å². The topological polar surface area (TPSA) is 41.5 Å². The number of hydrogen-bond donors (Lipinski definition) is 2. The molecular weight excluding hydrogens is 214 g/mol. The normalized spacial score (nSPS) is 39.2. The van der Waals surface area contributed by atoms with Crippen molar-refractivity contribution in [2.24, 2.45) is 5.92 Å². The molecule has 2 rings (SSSR count). The molecule has 0 spiro atoms. The fourth-order valence-electron chi connectivity index (χ4n) is 3.38. The number of nitrogens with one attached hydrogen (secondary N) is 1. The number of aliphatic hydroxyl groups excluding tert-OH is 1. The number of hydrogen-bond acceptors (Lipinski definition) is 3. The predicted octanol–water partition coefficient (Wildman–Crippen LogP) is 2.08. The van der Waals surface area contributed by atoms with Crippen molar-refractivity contribution in [1.82, 2.24) is 5.32 Å². The van der Waals surface area contributed by atoms with Crippen molar-refractivity contribution < 1.29 is 9.84 Å². The van der Waals surface area contributed by atoms with Gasteiger partial charge >= 0.3 is 0 Å². The quantitative estimate of drug-likeness (QED) is 0.792. The minimum absolute atomic E-state index is 0.0554. The average molecular weight is 241 g/mol. The third kappa shape index (κ3) is 3.94. The molecule has 0 aromatic rings. The molecule has 0 bridgehead atoms. The van der Waals surface area contributed by atoms with Crippen LogP contribution in [0.4, 0.5) is 0 Å². The van der Waals surface area contributed by atoms with E-state index in [1.807, 2.05) is 7.11 Å². The van der Waals surface area contributed by atoms with Crippen LogP contribution in [0.3, 0.4) is 0 Å². The van der Waals surface area contributed by atoms with Crippen LogP contribution in [0.25, 0.3) is 0 Å². The van der Waals surface area contributed by atoms with Gasteiger partial charge in [0.05, 0.1) is 12.2 Å². The van der Waals surface area contributed by atoms with E-state index in [0.29, 0.717) is 18.1 Å². The molecule has 0 heterocycles. The lowest BCUT2D eigenvalue weighted by atomic mass is 9.86. The van der Waals surface area contributed by atoms with Crippen LogP contribution in [-0.4, -0.2) is 37.0 Å². The molecule has 2 saturated carbocycles. The standard InChI is InChI=1S/C14H27NO2/c1-17-14-8-3-2-7-13(14)15-10-11-5-4-6-12(16)9-11/h11-16H,2-10H2,1H3. The predicted molar refractivity (Wildman–Crippen MR) is 69.0 cm³/mol. The second kappa shape index (κ2) is 6.72. The van der Waals surface area contributed by atoms with Crippen LogP contribution in [0.5, 0.6) is 0 Å². The van der Waals surface area contributed by atoms with E-state index in [0.717, 1.165) is 19.4 Å². The van der Waals surface area contributed by atoms with Gasteiger partial charge in [-0.3, -0.25) is 0 Å². The van der Waals surface area contributed by atoms with E-state index in [1.54, 1.807) is 0 Å². The van der Waals surface area contributed by atoms with Gasteiger partial charge in [0.1, 0.15) is 0 Å². The van der Waals surface area contributed by atoms with Crippen molar-refractivity contribution in [3.8, 4) is 0 Å². The summed E-state index contributed by atoms with van der Waals surface area (Å²) in [6.45, 7) is 1.06. The van der Waals surface area contributed by atoms with Crippen molar-refractivity contribution in [3.63, 3.8) is 0 Å². The zero-order valence-electron chi connectivity index (χ0n) is 11.0. The fraction of sp³-hybridized carbons (Fsp3) is 1.00. The summed E-state index contributed by atoms with van der Waals surface area (Å²) in [5.41, 5.74) is 0. The van der Waals surface area contributed by atoms with Crippen LogP contribution in [0.15, 0.2) is 0 Å². The van der Waals surface area contributed by atoms with Gasteiger partial charge in [0, 0.05) is 13.2 Å². The molecule has 2 aliphatic carbocycles. The van der Waals surface area contributed by atoms with Crippen LogP contribution in [0.2, 0.25) is 0 Å². The van der Waals surface area contributed by atoms with Gasteiger partial charge in [-0.25, -0.2) is 0 Å². The highest BCUT2D eigenvalue weighted by Crippen LogP contribution is 2.25. The van der Waals surface area contributed by atoms with Gasteiger partial charge < -0.3 is 15.2 Å². The van der Waals surface area contributed by atoms with Crippen molar-refractivity contribution >= 4 is 0 Å². The van der Waals surface area contributed by atoms with Crippen molar-refractivity contribution in [3.05, 3.63) is 0 Å². The van der Waals surface area contributed by atoms with Gasteiger partial charge in [0.15, 0.2) is 0 Å². The molecule has 3 nitrogen and oxygen atoms in total. The number of ether oxygens (including phenoxy) is 1. The average Bonchev–Trinajstić information content (AvgIpc) is 2.37. The molecule has 0 aromatic heterocycles. The van der Waals surface area contributed by atoms with Crippen LogP contribution in [-0.2, 0) is 4.74 Å². The highest BCUT2D eigenvalue weighted by atomic mass is 16.5. The van der Waals surface area contributed by atoms with E-state index in [4.69, 9.17) is 4.74 Å². The zero-order chi connectivity index (χ0) is 12.1. The Kier molecular flexibility index (Phi) is 5.26. The minimum atomic E-state index is -0.0554. The smallest absolute Gasteiger partial charge is 0.0724 e. The summed E-state index contributed by atoms with van der Waals surface area (Å²) >= 11 is 0. The summed E-state index contributed by atoms with van der Waals surface area (Å²) in [5, 5.41) is 13.3. The van der Waals surface area contributed by atoms with Crippen molar-refractivity contribution in [1.29, 1.82) is 0 Å². The van der Waals surface area contributed by atoms with Gasteiger partial charge in [-0.05, 0) is 44.6 Å². The Morgan fingerprint density at radius 3 is 2.71 bits per heavy atom. The summed E-state index contributed by atoms with van der Waals surface area (Å²) < 4.78 is 5.55. The van der Waals surface area contributed by atoms with Gasteiger partial charge in [-0.2, -0.15) is 0 Å². The molecule has 3 heteroatoms. The van der Waals surface area contributed by atoms with Crippen LogP contribution in [0, 0.1) is 5.92 Å². The highest BCUT2D eigenvalue weighted by Gasteiger charge is 2.26. The molecule has 0 radical (unpaired) electrons. The Hall–Kier alpha value is -0.120. The third-order valence-electron chi connectivity index (χ3n) is 4.43. The van der Waals surface area contributed by atoms with E-state index in [9.17, 15) is 5.11 Å². The van der Waals surface area contributed by atoms with E-state index < -0.39 is 0 Å². The second-order valence-electron chi connectivity index (χ2n) is 5.76. The molecule has 100 valence electrons. The summed E-state index contributed by atoms with van der Waals surface area (Å²) in [6, 6.07) is 0.535. The van der Waals surface area contributed by atoms with Gasteiger partial charge in [0.2, 0.25) is 0 Å². The van der Waals surface area contributed by atoms with Crippen LogP contribution >= 0.6 is 0 Å². The summed E-state index contributed by atoms with van der Waals surface area (Å²) in [6.07, 6.45) is 9.86. The van der Waals surface area contributed by atoms with E-state index in [-0.39, 0.29) is 6.10 Å². The first-order valence-electron chi connectivity index (χ1n) is 7.24. The Labute approximate surface area is 105 Å². The van der Waals surface area contributed by atoms with Gasteiger partial charge in [-0.15, -0.1) is 0 Å². The summed E-state index contributed by atoms with van der Waals surface area (Å²) in [7, 11) is 1.83. The maximum absolute atomic E-state index is 9.66. The monoisotopic (exact) mass is 241 g/mol. The van der Waals surface area contributed by atoms with Crippen molar-refractivity contribution in [2.45, 2.75) is 69.6 Å². The Balaban J connectivity index is 1.72. The number of methoxy groups -OCH3 is 1. The molecule has 4 atom stereocenters. The number of aliphatic hydroxyl groups is 1. The largest absolute Gasteiger partial charge is 0.393 e. The molecule has 2 aliphatic rings. The first-order valence-corrected chi connectivity index (χ1v) is 7.24. The molecule has 4 unspecified atom stereocenters. The lowest BCUT2D eigenvalue weighted by Crippen LogP contribution is -2.45. The van der Waals surface area contributed by atoms with E-state index in [2.05, 4.69) is 5.32 Å². The molecule has 0 amide bonds. The van der Waals surface area contributed by atoms with E-state index >= 15 is 0 Å². The fourth-order valence-corrected chi connectivity index (χ4v) is 3.38. The summed E-state index contributed by atoms with van der Waals surface area (Å²) in [5.74, 6) is 0.665. The van der Waals surface area contributed by atoms with Gasteiger partial charge in [-0.1, -0.05) is 19.3 Å². The molecule has 0 saturated heterocycles. The van der Waals surface area contributed by atoms with Crippen LogP contribution in [0.1, 0.15) is 51.4 Å². The molecule has 17 heavy (non-hydrogen) atoms.